The first-order chi connectivity index (χ1) is 12.2. The molecule has 0 saturated carbocycles. The van der Waals surface area contributed by atoms with Crippen molar-refractivity contribution in [2.24, 2.45) is 0 Å². The van der Waals surface area contributed by atoms with Crippen LogP contribution in [0.15, 0.2) is 42.5 Å². The summed E-state index contributed by atoms with van der Waals surface area (Å²) >= 11 is 0. The lowest BCUT2D eigenvalue weighted by Gasteiger charge is -2.05. The van der Waals surface area contributed by atoms with Crippen LogP contribution < -0.4 is 4.74 Å². The Morgan fingerprint density at radius 1 is 1.16 bits per heavy atom. The minimum Gasteiger partial charge on any atom is -0.491 e. The van der Waals surface area contributed by atoms with Crippen LogP contribution in [0.3, 0.4) is 0 Å². The van der Waals surface area contributed by atoms with Crippen LogP contribution in [0.25, 0.3) is 23.2 Å². The molecule has 0 amide bonds. The van der Waals surface area contributed by atoms with Gasteiger partial charge >= 0.3 is 5.97 Å². The summed E-state index contributed by atoms with van der Waals surface area (Å²) in [6.07, 6.45) is 3.71. The van der Waals surface area contributed by atoms with E-state index in [0.29, 0.717) is 30.1 Å². The van der Waals surface area contributed by atoms with Crippen molar-refractivity contribution >= 4 is 29.2 Å². The Kier molecular flexibility index (Phi) is 5.11. The van der Waals surface area contributed by atoms with Crippen LogP contribution >= 0.6 is 0 Å². The van der Waals surface area contributed by atoms with Gasteiger partial charge in [0.2, 0.25) is 0 Å². The van der Waals surface area contributed by atoms with Gasteiger partial charge in [-0.2, -0.15) is 0 Å². The van der Waals surface area contributed by atoms with Gasteiger partial charge in [0.25, 0.3) is 0 Å². The third-order valence-electron chi connectivity index (χ3n) is 3.63. The van der Waals surface area contributed by atoms with Gasteiger partial charge in [0.1, 0.15) is 23.7 Å². The number of hydrogen-bond acceptors (Lipinski definition) is 4. The lowest BCUT2D eigenvalue weighted by molar-refractivity contribution is 0.0699. The summed E-state index contributed by atoms with van der Waals surface area (Å²) in [4.78, 5) is 18.7. The number of aromatic carboxylic acids is 1. The number of nitrogens with zero attached hydrogens (tertiary/aromatic N) is 1. The minimum absolute atomic E-state index is 0.186. The van der Waals surface area contributed by atoms with E-state index in [0.717, 1.165) is 11.3 Å². The van der Waals surface area contributed by atoms with Crippen molar-refractivity contribution in [3.63, 3.8) is 0 Å². The first-order valence-corrected chi connectivity index (χ1v) is 7.79. The van der Waals surface area contributed by atoms with E-state index in [2.05, 4.69) is 9.97 Å². The van der Waals surface area contributed by atoms with Gasteiger partial charge in [0.15, 0.2) is 0 Å². The number of para-hydroxylation sites is 1. The number of fused-ring (bicyclic) bond motifs is 1. The Bertz CT molecular complexity index is 897. The number of imidazole rings is 1. The summed E-state index contributed by atoms with van der Waals surface area (Å²) in [5, 5.41) is 9.21. The lowest BCUT2D eigenvalue weighted by atomic mass is 10.2. The van der Waals surface area contributed by atoms with Crippen molar-refractivity contribution in [3.05, 3.63) is 59.4 Å². The van der Waals surface area contributed by atoms with Crippen molar-refractivity contribution in [2.45, 2.75) is 0 Å². The fourth-order valence-electron chi connectivity index (χ4n) is 2.40. The van der Waals surface area contributed by atoms with E-state index in [1.54, 1.807) is 25.3 Å². The summed E-state index contributed by atoms with van der Waals surface area (Å²) in [6, 6.07) is 12.7. The molecule has 0 aliphatic rings. The molecule has 128 valence electrons. The zero-order valence-corrected chi connectivity index (χ0v) is 13.7. The van der Waals surface area contributed by atoms with Crippen molar-refractivity contribution in [3.8, 4) is 5.75 Å². The smallest absolute Gasteiger partial charge is 0.337 e. The van der Waals surface area contributed by atoms with Gasteiger partial charge in [0.05, 0.1) is 17.7 Å². The number of nitrogens with one attached hydrogen (secondary N) is 1. The van der Waals surface area contributed by atoms with Crippen LogP contribution in [-0.4, -0.2) is 41.4 Å². The van der Waals surface area contributed by atoms with Gasteiger partial charge in [-0.05, 0) is 35.9 Å². The quantitative estimate of drug-likeness (QED) is 0.645. The molecule has 0 bridgehead atoms. The van der Waals surface area contributed by atoms with Crippen LogP contribution in [0.4, 0.5) is 0 Å². The minimum atomic E-state index is -0.989. The number of carbonyl (C=O) groups is 1. The summed E-state index contributed by atoms with van der Waals surface area (Å²) in [6.45, 7) is 1.06. The standard InChI is InChI=1S/C19H18N2O4/c1-24-11-12-25-14-8-5-13(6-9-14)7-10-17-20-16-4-2-3-15(19(22)23)18(16)21-17/h2-10H,11-12H2,1H3,(H,20,21)(H,22,23). The number of aromatic nitrogens is 2. The summed E-state index contributed by atoms with van der Waals surface area (Å²) in [7, 11) is 1.63. The Labute approximate surface area is 144 Å². The maximum absolute atomic E-state index is 11.2. The summed E-state index contributed by atoms with van der Waals surface area (Å²) in [5.41, 5.74) is 2.32. The molecule has 0 aliphatic heterocycles. The Morgan fingerprint density at radius 2 is 1.96 bits per heavy atom. The third kappa shape index (κ3) is 4.05. The number of methoxy groups -OCH3 is 1. The molecule has 1 aromatic heterocycles. The van der Waals surface area contributed by atoms with E-state index in [-0.39, 0.29) is 5.56 Å². The lowest BCUT2D eigenvalue weighted by Crippen LogP contribution is -2.03. The fraction of sp³-hybridized carbons (Fsp3) is 0.158. The highest BCUT2D eigenvalue weighted by molar-refractivity contribution is 6.01. The third-order valence-corrected chi connectivity index (χ3v) is 3.63. The molecule has 0 aliphatic carbocycles. The Hall–Kier alpha value is -3.12. The number of ether oxygens (including phenoxy) is 2. The highest BCUT2D eigenvalue weighted by Crippen LogP contribution is 2.18. The van der Waals surface area contributed by atoms with Crippen LogP contribution in [0.1, 0.15) is 21.7 Å². The van der Waals surface area contributed by atoms with Crippen LogP contribution in [0.5, 0.6) is 5.75 Å². The number of hydrogen-bond donors (Lipinski definition) is 2. The fourth-order valence-corrected chi connectivity index (χ4v) is 2.40. The van der Waals surface area contributed by atoms with Crippen LogP contribution in [0.2, 0.25) is 0 Å². The molecular formula is C19H18N2O4. The number of aromatic amines is 1. The van der Waals surface area contributed by atoms with E-state index < -0.39 is 5.97 Å². The molecule has 0 atom stereocenters. The molecule has 6 nitrogen and oxygen atoms in total. The van der Waals surface area contributed by atoms with Gasteiger partial charge in [0, 0.05) is 7.11 Å². The average Bonchev–Trinajstić information content (AvgIpc) is 3.04. The second-order valence-corrected chi connectivity index (χ2v) is 5.37. The SMILES string of the molecule is COCCOc1ccc(C=Cc2nc3c(C(=O)O)cccc3[nH]2)cc1. The molecule has 0 spiro atoms. The second kappa shape index (κ2) is 7.63. The average molecular weight is 338 g/mol. The topological polar surface area (TPSA) is 84.4 Å². The van der Waals surface area contributed by atoms with Gasteiger partial charge < -0.3 is 19.6 Å². The van der Waals surface area contributed by atoms with Gasteiger partial charge in [-0.25, -0.2) is 9.78 Å². The number of carboxylic acids is 1. The van der Waals surface area contributed by atoms with E-state index in [1.807, 2.05) is 36.4 Å². The monoisotopic (exact) mass is 338 g/mol. The summed E-state index contributed by atoms with van der Waals surface area (Å²) < 4.78 is 10.5. The van der Waals surface area contributed by atoms with E-state index in [9.17, 15) is 9.90 Å². The molecule has 2 aromatic carbocycles. The summed E-state index contributed by atoms with van der Waals surface area (Å²) in [5.74, 6) is 0.393. The highest BCUT2D eigenvalue weighted by atomic mass is 16.5. The van der Waals surface area contributed by atoms with Crippen molar-refractivity contribution in [1.82, 2.24) is 9.97 Å². The first-order valence-electron chi connectivity index (χ1n) is 7.79. The molecule has 6 heteroatoms. The molecule has 25 heavy (non-hydrogen) atoms. The molecule has 3 aromatic rings. The van der Waals surface area contributed by atoms with Crippen LogP contribution in [-0.2, 0) is 4.74 Å². The predicted molar refractivity (Wildman–Crippen MR) is 95.8 cm³/mol. The molecule has 3 rings (SSSR count). The molecular weight excluding hydrogens is 320 g/mol. The van der Waals surface area contributed by atoms with E-state index in [4.69, 9.17) is 9.47 Å². The molecule has 0 radical (unpaired) electrons. The van der Waals surface area contributed by atoms with Gasteiger partial charge in [-0.15, -0.1) is 0 Å². The predicted octanol–water partition coefficient (Wildman–Crippen LogP) is 3.46. The van der Waals surface area contributed by atoms with Gasteiger partial charge in [-0.1, -0.05) is 24.3 Å². The molecule has 1 heterocycles. The van der Waals surface area contributed by atoms with Crippen molar-refractivity contribution < 1.29 is 19.4 Å². The highest BCUT2D eigenvalue weighted by Gasteiger charge is 2.11. The van der Waals surface area contributed by atoms with Crippen LogP contribution in [0, 0.1) is 0 Å². The maximum Gasteiger partial charge on any atom is 0.337 e. The second-order valence-electron chi connectivity index (χ2n) is 5.37. The molecule has 2 N–H and O–H groups in total. The van der Waals surface area contributed by atoms with Crippen molar-refractivity contribution in [2.75, 3.05) is 20.3 Å². The number of benzene rings is 2. The van der Waals surface area contributed by atoms with Crippen molar-refractivity contribution in [1.29, 1.82) is 0 Å². The number of carboxylic acid groups (broad SMARTS) is 1. The largest absolute Gasteiger partial charge is 0.491 e. The van der Waals surface area contributed by atoms with E-state index >= 15 is 0 Å². The van der Waals surface area contributed by atoms with Gasteiger partial charge in [-0.3, -0.25) is 0 Å². The molecule has 0 unspecified atom stereocenters. The first kappa shape index (κ1) is 16.7. The maximum atomic E-state index is 11.2. The zero-order chi connectivity index (χ0) is 17.6. The Balaban J connectivity index is 1.74. The number of H-pyrrole nitrogens is 1. The normalized spacial score (nSPS) is 11.2. The van der Waals surface area contributed by atoms with E-state index in [1.165, 1.54) is 0 Å². The zero-order valence-electron chi connectivity index (χ0n) is 13.7. The molecule has 0 fully saturated rings. The number of rotatable bonds is 7. The molecule has 0 saturated heterocycles. The Morgan fingerprint density at radius 3 is 2.68 bits per heavy atom.